The standard InChI is InChI=1S/C25H30N6O2/c1-2-8-26-13-17-9-21(18-6-7-18)30-22(10-17)24(32)29-20-5-3-4-19(11-20)25(14-33-15-25)12-23-27-16-28-31-23/h3-5,9-11,16,18,26H,2,6-8,12-15H2,1H3,(H,29,32)(H,27,28,31). The Kier molecular flexibility index (Phi) is 6.20. The summed E-state index contributed by atoms with van der Waals surface area (Å²) in [6.07, 6.45) is 5.61. The first-order valence-electron chi connectivity index (χ1n) is 11.7. The number of amides is 1. The predicted octanol–water partition coefficient (Wildman–Crippen LogP) is 3.34. The number of carbonyl (C=O) groups excluding carboxylic acids is 1. The number of hydrogen-bond donors (Lipinski definition) is 3. The largest absolute Gasteiger partial charge is 0.379 e. The summed E-state index contributed by atoms with van der Waals surface area (Å²) in [4.78, 5) is 22.1. The molecule has 33 heavy (non-hydrogen) atoms. The lowest BCUT2D eigenvalue weighted by molar-refractivity contribution is -0.0607. The fourth-order valence-corrected chi connectivity index (χ4v) is 4.30. The van der Waals surface area contributed by atoms with Gasteiger partial charge in [0, 0.05) is 35.7 Å². The van der Waals surface area contributed by atoms with E-state index in [1.54, 1.807) is 0 Å². The molecule has 1 saturated heterocycles. The third kappa shape index (κ3) is 4.96. The highest BCUT2D eigenvalue weighted by Gasteiger charge is 2.41. The Bertz CT molecular complexity index is 1110. The number of hydrogen-bond acceptors (Lipinski definition) is 6. The van der Waals surface area contributed by atoms with Gasteiger partial charge in [-0.3, -0.25) is 9.89 Å². The Labute approximate surface area is 193 Å². The number of H-pyrrole nitrogens is 1. The van der Waals surface area contributed by atoms with E-state index in [-0.39, 0.29) is 11.3 Å². The number of ether oxygens (including phenoxy) is 1. The quantitative estimate of drug-likeness (QED) is 0.413. The molecule has 3 aromatic rings. The fourth-order valence-electron chi connectivity index (χ4n) is 4.30. The average molecular weight is 447 g/mol. The summed E-state index contributed by atoms with van der Waals surface area (Å²) in [6, 6.07) is 12.0. The van der Waals surface area contributed by atoms with Crippen molar-refractivity contribution in [2.24, 2.45) is 0 Å². The molecule has 5 rings (SSSR count). The second kappa shape index (κ2) is 9.41. The monoisotopic (exact) mass is 446 g/mol. The first-order valence-corrected chi connectivity index (χ1v) is 11.7. The van der Waals surface area contributed by atoms with Crippen LogP contribution in [0.2, 0.25) is 0 Å². The van der Waals surface area contributed by atoms with Crippen molar-refractivity contribution in [1.29, 1.82) is 0 Å². The minimum Gasteiger partial charge on any atom is -0.379 e. The van der Waals surface area contributed by atoms with Crippen LogP contribution in [0.3, 0.4) is 0 Å². The molecule has 8 heteroatoms. The Morgan fingerprint density at radius 1 is 1.24 bits per heavy atom. The number of benzene rings is 1. The van der Waals surface area contributed by atoms with Gasteiger partial charge < -0.3 is 15.4 Å². The van der Waals surface area contributed by atoms with Gasteiger partial charge in [0.1, 0.15) is 17.8 Å². The van der Waals surface area contributed by atoms with Crippen LogP contribution in [-0.2, 0) is 23.1 Å². The molecule has 2 fully saturated rings. The number of anilines is 1. The Morgan fingerprint density at radius 3 is 2.82 bits per heavy atom. The van der Waals surface area contributed by atoms with Crippen molar-refractivity contribution in [3.05, 3.63) is 71.1 Å². The van der Waals surface area contributed by atoms with Crippen molar-refractivity contribution < 1.29 is 9.53 Å². The molecule has 2 aromatic heterocycles. The van der Waals surface area contributed by atoms with Crippen molar-refractivity contribution in [2.45, 2.75) is 50.5 Å². The summed E-state index contributed by atoms with van der Waals surface area (Å²) in [6.45, 7) is 5.08. The van der Waals surface area contributed by atoms with E-state index >= 15 is 0 Å². The molecule has 1 amide bonds. The third-order valence-corrected chi connectivity index (χ3v) is 6.35. The van der Waals surface area contributed by atoms with Gasteiger partial charge in [0.15, 0.2) is 0 Å². The lowest BCUT2D eigenvalue weighted by atomic mass is 9.75. The molecule has 2 aliphatic rings. The highest BCUT2D eigenvalue weighted by Crippen LogP contribution is 2.39. The van der Waals surface area contributed by atoms with E-state index in [1.807, 2.05) is 24.3 Å². The Balaban J connectivity index is 1.34. The maximum absolute atomic E-state index is 13.2. The van der Waals surface area contributed by atoms with Crippen LogP contribution in [-0.4, -0.2) is 45.8 Å². The van der Waals surface area contributed by atoms with Gasteiger partial charge in [0.2, 0.25) is 0 Å². The van der Waals surface area contributed by atoms with Gasteiger partial charge in [0.25, 0.3) is 5.91 Å². The molecule has 1 aliphatic carbocycles. The SMILES string of the molecule is CCCNCc1cc(C(=O)Nc2cccc(C3(Cc4ncn[nH]4)COC3)c2)nc(C2CC2)c1. The molecule has 1 aliphatic heterocycles. The lowest BCUT2D eigenvalue weighted by Gasteiger charge is -2.41. The molecule has 1 saturated carbocycles. The molecule has 0 atom stereocenters. The smallest absolute Gasteiger partial charge is 0.274 e. The number of nitrogens with one attached hydrogen (secondary N) is 3. The molecular formula is C25H30N6O2. The summed E-state index contributed by atoms with van der Waals surface area (Å²) in [5.74, 6) is 1.14. The summed E-state index contributed by atoms with van der Waals surface area (Å²) in [5, 5.41) is 13.4. The van der Waals surface area contributed by atoms with Gasteiger partial charge >= 0.3 is 0 Å². The van der Waals surface area contributed by atoms with Crippen LogP contribution < -0.4 is 10.6 Å². The minimum atomic E-state index is -0.180. The third-order valence-electron chi connectivity index (χ3n) is 6.35. The van der Waals surface area contributed by atoms with Crippen LogP contribution in [0.4, 0.5) is 5.69 Å². The van der Waals surface area contributed by atoms with E-state index in [0.717, 1.165) is 60.7 Å². The maximum Gasteiger partial charge on any atom is 0.274 e. The second-order valence-electron chi connectivity index (χ2n) is 9.15. The van der Waals surface area contributed by atoms with Crippen LogP contribution in [0.5, 0.6) is 0 Å². The van der Waals surface area contributed by atoms with Gasteiger partial charge in [-0.05, 0) is 61.2 Å². The van der Waals surface area contributed by atoms with E-state index in [0.29, 0.717) is 31.2 Å². The number of aromatic amines is 1. The highest BCUT2D eigenvalue weighted by molar-refractivity contribution is 6.03. The zero-order valence-electron chi connectivity index (χ0n) is 18.9. The normalized spacial score (nSPS) is 16.9. The Morgan fingerprint density at radius 2 is 2.12 bits per heavy atom. The van der Waals surface area contributed by atoms with E-state index in [2.05, 4.69) is 49.9 Å². The van der Waals surface area contributed by atoms with Gasteiger partial charge in [-0.15, -0.1) is 0 Å². The van der Waals surface area contributed by atoms with Crippen molar-refractivity contribution in [1.82, 2.24) is 25.5 Å². The number of rotatable bonds is 10. The lowest BCUT2D eigenvalue weighted by Crippen LogP contribution is -2.48. The number of aromatic nitrogens is 4. The van der Waals surface area contributed by atoms with Crippen molar-refractivity contribution in [2.75, 3.05) is 25.1 Å². The molecule has 8 nitrogen and oxygen atoms in total. The van der Waals surface area contributed by atoms with Crippen LogP contribution in [0.25, 0.3) is 0 Å². The highest BCUT2D eigenvalue weighted by atomic mass is 16.5. The fraction of sp³-hybridized carbons (Fsp3) is 0.440. The van der Waals surface area contributed by atoms with Crippen molar-refractivity contribution in [3.63, 3.8) is 0 Å². The number of carbonyl (C=O) groups is 1. The molecule has 1 aromatic carbocycles. The van der Waals surface area contributed by atoms with E-state index in [4.69, 9.17) is 4.74 Å². The zero-order valence-corrected chi connectivity index (χ0v) is 18.9. The first kappa shape index (κ1) is 21.7. The zero-order chi connectivity index (χ0) is 22.7. The molecule has 0 bridgehead atoms. The van der Waals surface area contributed by atoms with Gasteiger partial charge in [0.05, 0.1) is 13.2 Å². The van der Waals surface area contributed by atoms with Crippen LogP contribution in [0.1, 0.15) is 65.2 Å². The molecule has 0 radical (unpaired) electrons. The molecule has 3 N–H and O–H groups in total. The van der Waals surface area contributed by atoms with E-state index < -0.39 is 0 Å². The summed E-state index contributed by atoms with van der Waals surface area (Å²) < 4.78 is 5.56. The maximum atomic E-state index is 13.2. The van der Waals surface area contributed by atoms with Crippen molar-refractivity contribution >= 4 is 11.6 Å². The predicted molar refractivity (Wildman–Crippen MR) is 125 cm³/mol. The van der Waals surface area contributed by atoms with E-state index in [1.165, 1.54) is 6.33 Å². The summed E-state index contributed by atoms with van der Waals surface area (Å²) in [7, 11) is 0. The number of nitrogens with zero attached hydrogens (tertiary/aromatic N) is 3. The number of pyridine rings is 1. The Hall–Kier alpha value is -3.10. The second-order valence-corrected chi connectivity index (χ2v) is 9.15. The van der Waals surface area contributed by atoms with Crippen molar-refractivity contribution in [3.8, 4) is 0 Å². The summed E-state index contributed by atoms with van der Waals surface area (Å²) >= 11 is 0. The van der Waals surface area contributed by atoms with Crippen LogP contribution in [0, 0.1) is 0 Å². The van der Waals surface area contributed by atoms with Gasteiger partial charge in [-0.25, -0.2) is 9.97 Å². The minimum absolute atomic E-state index is 0.164. The summed E-state index contributed by atoms with van der Waals surface area (Å²) in [5.41, 5.74) is 4.32. The molecule has 0 spiro atoms. The van der Waals surface area contributed by atoms with Crippen LogP contribution >= 0.6 is 0 Å². The topological polar surface area (TPSA) is 105 Å². The molecule has 0 unspecified atom stereocenters. The van der Waals surface area contributed by atoms with Gasteiger partial charge in [-0.2, -0.15) is 5.10 Å². The van der Waals surface area contributed by atoms with Gasteiger partial charge in [-0.1, -0.05) is 19.1 Å². The van der Waals surface area contributed by atoms with Crippen LogP contribution in [0.15, 0.2) is 42.7 Å². The molecule has 3 heterocycles. The molecular weight excluding hydrogens is 416 g/mol. The first-order chi connectivity index (χ1) is 16.1. The van der Waals surface area contributed by atoms with E-state index in [9.17, 15) is 4.79 Å². The molecule has 172 valence electrons. The average Bonchev–Trinajstić information content (AvgIpc) is 3.53.